The fourth-order valence-electron chi connectivity index (χ4n) is 1.02. The van der Waals surface area contributed by atoms with Gasteiger partial charge in [0, 0.05) is 0 Å². The van der Waals surface area contributed by atoms with E-state index < -0.39 is 6.04 Å². The van der Waals surface area contributed by atoms with Crippen LogP contribution < -0.4 is 15.2 Å². The first-order valence-corrected chi connectivity index (χ1v) is 4.69. The molecule has 0 aliphatic heterocycles. The van der Waals surface area contributed by atoms with Gasteiger partial charge in [-0.1, -0.05) is 12.1 Å². The van der Waals surface area contributed by atoms with Crippen LogP contribution in [0.3, 0.4) is 0 Å². The second kappa shape index (κ2) is 5.36. The average Bonchev–Trinajstić information content (AvgIpc) is 2.26. The second-order valence-electron chi connectivity index (χ2n) is 3.19. The Kier molecular flexibility index (Phi) is 4.12. The standard InChI is InChI=1S/C11H15NO3/c1-8(12)9(13)7-15-11-6-4-3-5-10(11)14-2/h3-6,8H,7,12H2,1-2H3. The van der Waals surface area contributed by atoms with Crippen molar-refractivity contribution in [2.45, 2.75) is 13.0 Å². The van der Waals surface area contributed by atoms with Gasteiger partial charge in [-0.25, -0.2) is 0 Å². The molecular weight excluding hydrogens is 194 g/mol. The molecule has 0 aliphatic rings. The lowest BCUT2D eigenvalue weighted by molar-refractivity contribution is -0.121. The van der Waals surface area contributed by atoms with Crippen molar-refractivity contribution in [3.8, 4) is 11.5 Å². The van der Waals surface area contributed by atoms with Crippen LogP contribution in [0.1, 0.15) is 6.92 Å². The molecular formula is C11H15NO3. The van der Waals surface area contributed by atoms with Gasteiger partial charge in [-0.05, 0) is 19.1 Å². The van der Waals surface area contributed by atoms with Crippen molar-refractivity contribution >= 4 is 5.78 Å². The summed E-state index contributed by atoms with van der Waals surface area (Å²) in [6.07, 6.45) is 0. The highest BCUT2D eigenvalue weighted by Crippen LogP contribution is 2.25. The molecule has 15 heavy (non-hydrogen) atoms. The molecule has 0 heterocycles. The molecule has 0 amide bonds. The minimum Gasteiger partial charge on any atom is -0.493 e. The third kappa shape index (κ3) is 3.25. The van der Waals surface area contributed by atoms with E-state index in [1.807, 2.05) is 12.1 Å². The molecule has 1 aromatic rings. The van der Waals surface area contributed by atoms with Gasteiger partial charge in [-0.15, -0.1) is 0 Å². The molecule has 0 fully saturated rings. The van der Waals surface area contributed by atoms with Crippen LogP contribution in [0.5, 0.6) is 11.5 Å². The van der Waals surface area contributed by atoms with Crippen molar-refractivity contribution in [2.24, 2.45) is 5.73 Å². The number of ether oxygens (including phenoxy) is 2. The summed E-state index contributed by atoms with van der Waals surface area (Å²) in [6.45, 7) is 1.60. The maximum absolute atomic E-state index is 11.2. The highest BCUT2D eigenvalue weighted by molar-refractivity contribution is 5.84. The molecule has 82 valence electrons. The summed E-state index contributed by atoms with van der Waals surface area (Å²) in [6, 6.07) is 6.66. The van der Waals surface area contributed by atoms with Gasteiger partial charge in [-0.2, -0.15) is 0 Å². The Balaban J connectivity index is 2.61. The van der Waals surface area contributed by atoms with Crippen molar-refractivity contribution in [2.75, 3.05) is 13.7 Å². The first-order chi connectivity index (χ1) is 7.15. The van der Waals surface area contributed by atoms with E-state index in [1.54, 1.807) is 26.2 Å². The van der Waals surface area contributed by atoms with Crippen LogP contribution in [-0.2, 0) is 4.79 Å². The van der Waals surface area contributed by atoms with Crippen LogP contribution in [0.25, 0.3) is 0 Å². The monoisotopic (exact) mass is 209 g/mol. The lowest BCUT2D eigenvalue weighted by atomic mass is 10.2. The number of nitrogens with two attached hydrogens (primary N) is 1. The molecule has 0 bridgehead atoms. The second-order valence-corrected chi connectivity index (χ2v) is 3.19. The molecule has 0 aliphatic carbocycles. The summed E-state index contributed by atoms with van der Waals surface area (Å²) in [4.78, 5) is 11.2. The van der Waals surface area contributed by atoms with Crippen LogP contribution in [0.2, 0.25) is 0 Å². The third-order valence-electron chi connectivity index (χ3n) is 1.95. The minimum atomic E-state index is -0.500. The largest absolute Gasteiger partial charge is 0.493 e. The average molecular weight is 209 g/mol. The predicted molar refractivity (Wildman–Crippen MR) is 57.1 cm³/mol. The molecule has 1 atom stereocenters. The van der Waals surface area contributed by atoms with E-state index in [4.69, 9.17) is 15.2 Å². The molecule has 0 saturated heterocycles. The number of benzene rings is 1. The van der Waals surface area contributed by atoms with Gasteiger partial charge in [0.2, 0.25) is 0 Å². The molecule has 4 heteroatoms. The first-order valence-electron chi connectivity index (χ1n) is 4.69. The number of rotatable bonds is 5. The Morgan fingerprint density at radius 1 is 1.40 bits per heavy atom. The summed E-state index contributed by atoms with van der Waals surface area (Å²) in [5, 5.41) is 0. The van der Waals surface area contributed by atoms with E-state index in [1.165, 1.54) is 0 Å². The van der Waals surface area contributed by atoms with Crippen molar-refractivity contribution in [3.63, 3.8) is 0 Å². The number of carbonyl (C=O) groups excluding carboxylic acids is 1. The SMILES string of the molecule is COc1ccccc1OCC(=O)C(C)N. The number of para-hydroxylation sites is 2. The number of carbonyl (C=O) groups is 1. The van der Waals surface area contributed by atoms with Crippen LogP contribution in [0, 0.1) is 0 Å². The van der Waals surface area contributed by atoms with Gasteiger partial charge in [-0.3, -0.25) is 4.79 Å². The van der Waals surface area contributed by atoms with E-state index in [9.17, 15) is 4.79 Å². The lowest BCUT2D eigenvalue weighted by Gasteiger charge is -2.10. The van der Waals surface area contributed by atoms with E-state index >= 15 is 0 Å². The van der Waals surface area contributed by atoms with Crippen LogP contribution in [-0.4, -0.2) is 25.5 Å². The molecule has 1 aromatic carbocycles. The normalized spacial score (nSPS) is 11.9. The van der Waals surface area contributed by atoms with E-state index in [0.29, 0.717) is 11.5 Å². The first kappa shape index (κ1) is 11.5. The van der Waals surface area contributed by atoms with Gasteiger partial charge in [0.05, 0.1) is 13.2 Å². The lowest BCUT2D eigenvalue weighted by Crippen LogP contribution is -2.31. The highest BCUT2D eigenvalue weighted by atomic mass is 16.5. The van der Waals surface area contributed by atoms with Crippen molar-refractivity contribution in [1.82, 2.24) is 0 Å². The zero-order valence-electron chi connectivity index (χ0n) is 8.90. The van der Waals surface area contributed by atoms with Crippen LogP contribution >= 0.6 is 0 Å². The molecule has 0 saturated carbocycles. The van der Waals surface area contributed by atoms with Gasteiger partial charge in [0.15, 0.2) is 17.3 Å². The van der Waals surface area contributed by atoms with Crippen molar-refractivity contribution in [1.29, 1.82) is 0 Å². The zero-order chi connectivity index (χ0) is 11.3. The summed E-state index contributed by atoms with van der Waals surface area (Å²) in [5.74, 6) is 1.02. The summed E-state index contributed by atoms with van der Waals surface area (Å²) in [7, 11) is 1.55. The Morgan fingerprint density at radius 2 is 2.00 bits per heavy atom. The number of ketones is 1. The summed E-state index contributed by atoms with van der Waals surface area (Å²) >= 11 is 0. The number of hydrogen-bond donors (Lipinski definition) is 1. The Morgan fingerprint density at radius 3 is 2.53 bits per heavy atom. The quantitative estimate of drug-likeness (QED) is 0.785. The van der Waals surface area contributed by atoms with Gasteiger partial charge in [0.1, 0.15) is 6.61 Å². The van der Waals surface area contributed by atoms with E-state index in [2.05, 4.69) is 0 Å². The molecule has 0 spiro atoms. The number of Topliss-reactive ketones (excluding diaryl/α,β-unsaturated/α-hetero) is 1. The van der Waals surface area contributed by atoms with Crippen LogP contribution in [0.4, 0.5) is 0 Å². The number of hydrogen-bond acceptors (Lipinski definition) is 4. The third-order valence-corrected chi connectivity index (χ3v) is 1.95. The van der Waals surface area contributed by atoms with Gasteiger partial charge in [0.25, 0.3) is 0 Å². The molecule has 2 N–H and O–H groups in total. The molecule has 0 radical (unpaired) electrons. The predicted octanol–water partition coefficient (Wildman–Crippen LogP) is 0.990. The van der Waals surface area contributed by atoms with E-state index in [-0.39, 0.29) is 12.4 Å². The maximum Gasteiger partial charge on any atom is 0.186 e. The van der Waals surface area contributed by atoms with Crippen LogP contribution in [0.15, 0.2) is 24.3 Å². The fourth-order valence-corrected chi connectivity index (χ4v) is 1.02. The van der Waals surface area contributed by atoms with Gasteiger partial charge >= 0.3 is 0 Å². The van der Waals surface area contributed by atoms with Crippen molar-refractivity contribution in [3.05, 3.63) is 24.3 Å². The maximum atomic E-state index is 11.2. The highest BCUT2D eigenvalue weighted by Gasteiger charge is 2.10. The summed E-state index contributed by atoms with van der Waals surface area (Å²) in [5.41, 5.74) is 5.41. The summed E-state index contributed by atoms with van der Waals surface area (Å²) < 4.78 is 10.4. The Bertz CT molecular complexity index is 336. The Hall–Kier alpha value is -1.55. The smallest absolute Gasteiger partial charge is 0.186 e. The van der Waals surface area contributed by atoms with Crippen molar-refractivity contribution < 1.29 is 14.3 Å². The fraction of sp³-hybridized carbons (Fsp3) is 0.364. The Labute approximate surface area is 89.0 Å². The van der Waals surface area contributed by atoms with E-state index in [0.717, 1.165) is 0 Å². The topological polar surface area (TPSA) is 61.5 Å². The van der Waals surface area contributed by atoms with Gasteiger partial charge < -0.3 is 15.2 Å². The zero-order valence-corrected chi connectivity index (χ0v) is 8.90. The molecule has 1 rings (SSSR count). The number of methoxy groups -OCH3 is 1. The molecule has 1 unspecified atom stereocenters. The molecule has 0 aromatic heterocycles. The molecule has 4 nitrogen and oxygen atoms in total. The minimum absolute atomic E-state index is 0.0297.